The van der Waals surface area contributed by atoms with E-state index >= 15 is 0 Å². The first-order chi connectivity index (χ1) is 9.73. The van der Waals surface area contributed by atoms with E-state index in [9.17, 15) is 8.96 Å². The van der Waals surface area contributed by atoms with Gasteiger partial charge in [0.2, 0.25) is 0 Å². The fraction of sp³-hybridized carbons (Fsp3) is 0.200. The van der Waals surface area contributed by atoms with Gasteiger partial charge in [-0.3, -0.25) is 9.79 Å². The van der Waals surface area contributed by atoms with E-state index in [1.54, 1.807) is 0 Å². The molecule has 2 aromatic carbocycles. The van der Waals surface area contributed by atoms with Crippen molar-refractivity contribution in [1.82, 2.24) is 0 Å². The van der Waals surface area contributed by atoms with Gasteiger partial charge in [0.1, 0.15) is 11.6 Å². The number of phosphoric acid groups is 1. The quantitative estimate of drug-likeness (QED) is 0.672. The lowest BCUT2D eigenvalue weighted by Crippen LogP contribution is -1.98. The van der Waals surface area contributed by atoms with Crippen molar-refractivity contribution >= 4 is 18.6 Å². The first-order valence-corrected chi connectivity index (χ1v) is 7.74. The molecular weight excluding hydrogens is 294 g/mol. The van der Waals surface area contributed by atoms with Crippen molar-refractivity contribution in [2.24, 2.45) is 0 Å². The van der Waals surface area contributed by atoms with Crippen molar-refractivity contribution in [3.8, 4) is 18.1 Å². The number of hydrogen-bond acceptors (Lipinski definition) is 2. The van der Waals surface area contributed by atoms with Crippen molar-refractivity contribution in [1.29, 1.82) is 0 Å². The number of rotatable bonds is 3. The second kappa shape index (κ2) is 5.50. The average molecular weight is 308 g/mol. The molecule has 0 aliphatic heterocycles. The van der Waals surface area contributed by atoms with Gasteiger partial charge in [0, 0.05) is 5.39 Å². The maximum Gasteiger partial charge on any atom is 0.524 e. The molecule has 2 rings (SSSR count). The highest BCUT2D eigenvalue weighted by Gasteiger charge is 2.19. The monoisotopic (exact) mass is 308 g/mol. The van der Waals surface area contributed by atoms with Gasteiger partial charge < -0.3 is 4.52 Å². The van der Waals surface area contributed by atoms with Crippen LogP contribution in [0.4, 0.5) is 4.39 Å². The summed E-state index contributed by atoms with van der Waals surface area (Å²) in [6, 6.07) is 5.64. The average Bonchev–Trinajstić information content (AvgIpc) is 2.36. The van der Waals surface area contributed by atoms with Crippen LogP contribution >= 0.6 is 7.82 Å². The molecule has 6 heteroatoms. The molecule has 0 amide bonds. The SMILES string of the molecule is C#Cc1c(F)ccc2cc(OP(=O)(O)O)cc(C(C)C)c12. The number of terminal acetylenes is 1. The lowest BCUT2D eigenvalue weighted by molar-refractivity contribution is 0.283. The number of halogens is 1. The molecule has 0 heterocycles. The zero-order chi connectivity index (χ0) is 15.8. The highest BCUT2D eigenvalue weighted by molar-refractivity contribution is 7.46. The van der Waals surface area contributed by atoms with Crippen LogP contribution in [0.5, 0.6) is 5.75 Å². The Morgan fingerprint density at radius 1 is 1.33 bits per heavy atom. The third kappa shape index (κ3) is 3.25. The summed E-state index contributed by atoms with van der Waals surface area (Å²) in [5.74, 6) is 1.82. The van der Waals surface area contributed by atoms with Crippen LogP contribution in [0.1, 0.15) is 30.9 Å². The molecule has 0 aromatic heterocycles. The van der Waals surface area contributed by atoms with E-state index in [0.29, 0.717) is 16.3 Å². The van der Waals surface area contributed by atoms with Gasteiger partial charge in [-0.25, -0.2) is 8.96 Å². The Labute approximate surface area is 121 Å². The van der Waals surface area contributed by atoms with Crippen LogP contribution in [-0.4, -0.2) is 9.79 Å². The summed E-state index contributed by atoms with van der Waals surface area (Å²) in [6.45, 7) is 3.75. The van der Waals surface area contributed by atoms with Gasteiger partial charge in [0.05, 0.1) is 5.56 Å². The molecule has 4 nitrogen and oxygen atoms in total. The Balaban J connectivity index is 2.80. The topological polar surface area (TPSA) is 66.8 Å². The molecule has 0 bridgehead atoms. The number of benzene rings is 2. The zero-order valence-corrected chi connectivity index (χ0v) is 12.4. The standard InChI is InChI=1S/C15H14FO4P/c1-4-12-14(16)6-5-10-7-11(20-21(17,18)19)8-13(9(2)3)15(10)12/h1,5-9H,2-3H3,(H2,17,18,19). The molecule has 21 heavy (non-hydrogen) atoms. The summed E-state index contributed by atoms with van der Waals surface area (Å²) in [7, 11) is -4.66. The van der Waals surface area contributed by atoms with Crippen LogP contribution in [-0.2, 0) is 4.57 Å². The lowest BCUT2D eigenvalue weighted by atomic mass is 9.92. The van der Waals surface area contributed by atoms with E-state index in [0.717, 1.165) is 0 Å². The molecule has 0 fully saturated rings. The van der Waals surface area contributed by atoms with Gasteiger partial charge in [-0.2, -0.15) is 0 Å². The Bertz CT molecular complexity index is 786. The van der Waals surface area contributed by atoms with Gasteiger partial charge in [0.25, 0.3) is 0 Å². The normalized spacial score (nSPS) is 11.7. The van der Waals surface area contributed by atoms with E-state index in [-0.39, 0.29) is 17.2 Å². The van der Waals surface area contributed by atoms with Crippen molar-refractivity contribution in [3.63, 3.8) is 0 Å². The first kappa shape index (κ1) is 15.5. The highest BCUT2D eigenvalue weighted by Crippen LogP contribution is 2.41. The molecular formula is C15H14FO4P. The van der Waals surface area contributed by atoms with Gasteiger partial charge >= 0.3 is 7.82 Å². The van der Waals surface area contributed by atoms with Crippen molar-refractivity contribution in [3.05, 3.63) is 41.2 Å². The second-order valence-electron chi connectivity index (χ2n) is 4.91. The van der Waals surface area contributed by atoms with Crippen LogP contribution < -0.4 is 4.52 Å². The Morgan fingerprint density at radius 2 is 2.00 bits per heavy atom. The summed E-state index contributed by atoms with van der Waals surface area (Å²) < 4.78 is 29.4. The highest BCUT2D eigenvalue weighted by atomic mass is 31.2. The molecule has 0 unspecified atom stereocenters. The summed E-state index contributed by atoms with van der Waals surface area (Å²) in [5.41, 5.74) is 0.808. The van der Waals surface area contributed by atoms with E-state index in [4.69, 9.17) is 16.2 Å². The molecule has 0 saturated carbocycles. The van der Waals surface area contributed by atoms with Gasteiger partial charge in [-0.15, -0.1) is 6.42 Å². The van der Waals surface area contributed by atoms with Gasteiger partial charge in [-0.05, 0) is 35.1 Å². The minimum absolute atomic E-state index is 0.0223. The van der Waals surface area contributed by atoms with Crippen LogP contribution in [0.2, 0.25) is 0 Å². The minimum Gasteiger partial charge on any atom is -0.404 e. The van der Waals surface area contributed by atoms with Crippen molar-refractivity contribution < 1.29 is 23.3 Å². The molecule has 0 atom stereocenters. The molecule has 0 saturated heterocycles. The third-order valence-electron chi connectivity index (χ3n) is 3.06. The summed E-state index contributed by atoms with van der Waals surface area (Å²) in [6.07, 6.45) is 5.38. The van der Waals surface area contributed by atoms with E-state index < -0.39 is 13.6 Å². The maximum atomic E-state index is 13.8. The zero-order valence-electron chi connectivity index (χ0n) is 11.5. The maximum absolute atomic E-state index is 13.8. The van der Waals surface area contributed by atoms with Gasteiger partial charge in [-0.1, -0.05) is 25.8 Å². The van der Waals surface area contributed by atoms with E-state index in [2.05, 4.69) is 10.4 Å². The molecule has 0 radical (unpaired) electrons. The third-order valence-corrected chi connectivity index (χ3v) is 3.51. The number of phosphoric ester groups is 1. The van der Waals surface area contributed by atoms with E-state index in [1.165, 1.54) is 24.3 Å². The second-order valence-corrected chi connectivity index (χ2v) is 6.08. The number of hydrogen-bond donors (Lipinski definition) is 2. The molecule has 0 aliphatic carbocycles. The van der Waals surface area contributed by atoms with Crippen LogP contribution in [0.15, 0.2) is 24.3 Å². The van der Waals surface area contributed by atoms with Crippen LogP contribution in [0.3, 0.4) is 0 Å². The van der Waals surface area contributed by atoms with E-state index in [1.807, 2.05) is 13.8 Å². The molecule has 2 aromatic rings. The largest absolute Gasteiger partial charge is 0.524 e. The Kier molecular flexibility index (Phi) is 4.06. The first-order valence-electron chi connectivity index (χ1n) is 6.21. The predicted octanol–water partition coefficient (Wildman–Crippen LogP) is 3.56. The minimum atomic E-state index is -4.66. The smallest absolute Gasteiger partial charge is 0.404 e. The van der Waals surface area contributed by atoms with Crippen LogP contribution in [0.25, 0.3) is 10.8 Å². The Hall–Kier alpha value is -1.86. The summed E-state index contributed by atoms with van der Waals surface area (Å²) in [4.78, 5) is 17.8. The predicted molar refractivity (Wildman–Crippen MR) is 78.6 cm³/mol. The fourth-order valence-corrected chi connectivity index (χ4v) is 2.61. The molecule has 0 spiro atoms. The molecule has 110 valence electrons. The van der Waals surface area contributed by atoms with Crippen molar-refractivity contribution in [2.75, 3.05) is 0 Å². The summed E-state index contributed by atoms with van der Waals surface area (Å²) >= 11 is 0. The molecule has 2 N–H and O–H groups in total. The lowest BCUT2D eigenvalue weighted by Gasteiger charge is -2.15. The van der Waals surface area contributed by atoms with Crippen LogP contribution in [0, 0.1) is 18.2 Å². The van der Waals surface area contributed by atoms with Gasteiger partial charge in [0.15, 0.2) is 0 Å². The Morgan fingerprint density at radius 3 is 2.52 bits per heavy atom. The fourth-order valence-electron chi connectivity index (χ4n) is 2.23. The summed E-state index contributed by atoms with van der Waals surface area (Å²) in [5, 5.41) is 1.13. The number of fused-ring (bicyclic) bond motifs is 1. The van der Waals surface area contributed by atoms with Crippen molar-refractivity contribution in [2.45, 2.75) is 19.8 Å². The molecule has 0 aliphatic rings.